The van der Waals surface area contributed by atoms with Gasteiger partial charge >= 0.3 is 0 Å². The Labute approximate surface area is 131 Å². The summed E-state index contributed by atoms with van der Waals surface area (Å²) in [7, 11) is 0. The number of hydrogen-bond acceptors (Lipinski definition) is 1. The lowest BCUT2D eigenvalue weighted by Crippen LogP contribution is -2.34. The highest BCUT2D eigenvalue weighted by molar-refractivity contribution is 6.30. The third-order valence-corrected chi connectivity index (χ3v) is 5.52. The summed E-state index contributed by atoms with van der Waals surface area (Å²) in [6.45, 7) is 0. The van der Waals surface area contributed by atoms with E-state index in [1.54, 1.807) is 0 Å². The van der Waals surface area contributed by atoms with E-state index in [9.17, 15) is 0 Å². The standard InChI is InChI=1S/C19H20ClN/c20-15-10-8-14(9-11-15)18-19(12-4-1-5-13-19)16-6-2-3-7-17(16)21-18/h2-3,6-11,18,21H,1,4-5,12-13H2/t18-/m0/s1. The number of rotatable bonds is 1. The summed E-state index contributed by atoms with van der Waals surface area (Å²) >= 11 is 6.06. The second-order valence-electron chi connectivity index (χ2n) is 6.39. The zero-order valence-corrected chi connectivity index (χ0v) is 12.9. The topological polar surface area (TPSA) is 12.0 Å². The SMILES string of the molecule is Clc1ccc([C@@H]2Nc3ccccc3C23CCCCC3)cc1. The molecule has 1 fully saturated rings. The van der Waals surface area contributed by atoms with Crippen LogP contribution in [-0.2, 0) is 5.41 Å². The summed E-state index contributed by atoms with van der Waals surface area (Å²) in [6.07, 6.45) is 6.60. The minimum atomic E-state index is 0.267. The first-order valence-corrected chi connectivity index (χ1v) is 8.29. The number of anilines is 1. The Morgan fingerprint density at radius 3 is 2.38 bits per heavy atom. The highest BCUT2D eigenvalue weighted by Crippen LogP contribution is 2.55. The monoisotopic (exact) mass is 297 g/mol. The minimum Gasteiger partial charge on any atom is -0.377 e. The first-order valence-electron chi connectivity index (χ1n) is 7.91. The highest BCUT2D eigenvalue weighted by atomic mass is 35.5. The third-order valence-electron chi connectivity index (χ3n) is 5.27. The lowest BCUT2D eigenvalue weighted by Gasteiger charge is -2.39. The van der Waals surface area contributed by atoms with Gasteiger partial charge in [-0.05, 0) is 42.2 Å². The second-order valence-corrected chi connectivity index (χ2v) is 6.83. The molecule has 1 heterocycles. The Hall–Kier alpha value is -1.47. The molecule has 2 aromatic rings. The second kappa shape index (κ2) is 5.06. The molecule has 2 aliphatic rings. The van der Waals surface area contributed by atoms with E-state index >= 15 is 0 Å². The molecule has 21 heavy (non-hydrogen) atoms. The van der Waals surface area contributed by atoms with Crippen molar-refractivity contribution in [1.29, 1.82) is 0 Å². The fourth-order valence-corrected chi connectivity index (χ4v) is 4.42. The van der Waals surface area contributed by atoms with Crippen LogP contribution in [0.3, 0.4) is 0 Å². The van der Waals surface area contributed by atoms with Crippen LogP contribution in [0.25, 0.3) is 0 Å². The summed E-state index contributed by atoms with van der Waals surface area (Å²) in [6, 6.07) is 17.6. The van der Waals surface area contributed by atoms with E-state index in [4.69, 9.17) is 11.6 Å². The largest absolute Gasteiger partial charge is 0.377 e. The fourth-order valence-electron chi connectivity index (χ4n) is 4.29. The van der Waals surface area contributed by atoms with Gasteiger partial charge in [0.25, 0.3) is 0 Å². The average molecular weight is 298 g/mol. The number of benzene rings is 2. The Morgan fingerprint density at radius 1 is 0.905 bits per heavy atom. The van der Waals surface area contributed by atoms with Crippen molar-refractivity contribution in [1.82, 2.24) is 0 Å². The molecule has 0 amide bonds. The Balaban J connectivity index is 1.82. The molecule has 0 unspecified atom stereocenters. The molecule has 1 aliphatic carbocycles. The van der Waals surface area contributed by atoms with Gasteiger partial charge in [0.05, 0.1) is 6.04 Å². The van der Waals surface area contributed by atoms with Crippen molar-refractivity contribution in [2.24, 2.45) is 0 Å². The van der Waals surface area contributed by atoms with Crippen molar-refractivity contribution < 1.29 is 0 Å². The Morgan fingerprint density at radius 2 is 1.62 bits per heavy atom. The van der Waals surface area contributed by atoms with Gasteiger partial charge in [-0.25, -0.2) is 0 Å². The lowest BCUT2D eigenvalue weighted by molar-refractivity contribution is 0.270. The van der Waals surface area contributed by atoms with Gasteiger partial charge in [-0.15, -0.1) is 0 Å². The van der Waals surface area contributed by atoms with Crippen molar-refractivity contribution in [2.45, 2.75) is 43.6 Å². The maximum absolute atomic E-state index is 6.06. The first-order chi connectivity index (χ1) is 10.3. The summed E-state index contributed by atoms with van der Waals surface area (Å²) in [5.41, 5.74) is 4.46. The highest BCUT2D eigenvalue weighted by Gasteiger charge is 2.47. The van der Waals surface area contributed by atoms with E-state index in [0.29, 0.717) is 6.04 Å². The van der Waals surface area contributed by atoms with Crippen LogP contribution in [0.4, 0.5) is 5.69 Å². The summed E-state index contributed by atoms with van der Waals surface area (Å²) in [5, 5.41) is 4.60. The zero-order valence-electron chi connectivity index (χ0n) is 12.1. The van der Waals surface area contributed by atoms with Crippen LogP contribution in [0.1, 0.15) is 49.3 Å². The normalized spacial score (nSPS) is 22.8. The molecule has 1 atom stereocenters. The van der Waals surface area contributed by atoms with Crippen molar-refractivity contribution in [2.75, 3.05) is 5.32 Å². The van der Waals surface area contributed by atoms with E-state index in [1.807, 2.05) is 12.1 Å². The molecule has 0 radical (unpaired) electrons. The molecule has 1 aliphatic heterocycles. The van der Waals surface area contributed by atoms with E-state index in [1.165, 1.54) is 48.9 Å². The van der Waals surface area contributed by atoms with Gasteiger partial charge in [0, 0.05) is 16.1 Å². The number of fused-ring (bicyclic) bond motifs is 2. The fraction of sp³-hybridized carbons (Fsp3) is 0.368. The molecule has 0 aromatic heterocycles. The van der Waals surface area contributed by atoms with Crippen molar-refractivity contribution in [3.8, 4) is 0 Å². The molecule has 1 N–H and O–H groups in total. The molecule has 1 spiro atoms. The van der Waals surface area contributed by atoms with E-state index in [0.717, 1.165) is 5.02 Å². The Kier molecular flexibility index (Phi) is 3.19. The van der Waals surface area contributed by atoms with Crippen LogP contribution < -0.4 is 5.32 Å². The molecule has 4 rings (SSSR count). The summed E-state index contributed by atoms with van der Waals surface area (Å²) in [4.78, 5) is 0. The molecule has 2 aromatic carbocycles. The van der Waals surface area contributed by atoms with Gasteiger partial charge in [-0.3, -0.25) is 0 Å². The number of halogens is 1. The predicted octanol–water partition coefficient (Wildman–Crippen LogP) is 5.71. The van der Waals surface area contributed by atoms with Crippen molar-refractivity contribution >= 4 is 17.3 Å². The predicted molar refractivity (Wildman–Crippen MR) is 89.0 cm³/mol. The molecule has 0 saturated heterocycles. The molecule has 0 bridgehead atoms. The van der Waals surface area contributed by atoms with Crippen LogP contribution in [0.2, 0.25) is 5.02 Å². The maximum atomic E-state index is 6.06. The van der Waals surface area contributed by atoms with E-state index in [-0.39, 0.29) is 5.41 Å². The molecular formula is C19H20ClN. The third kappa shape index (κ3) is 2.06. The van der Waals surface area contributed by atoms with E-state index in [2.05, 4.69) is 41.7 Å². The molecule has 1 nitrogen and oxygen atoms in total. The number of nitrogens with one attached hydrogen (secondary N) is 1. The lowest BCUT2D eigenvalue weighted by atomic mass is 9.65. The van der Waals surface area contributed by atoms with Gasteiger partial charge in [0.15, 0.2) is 0 Å². The average Bonchev–Trinajstić information content (AvgIpc) is 2.84. The van der Waals surface area contributed by atoms with Crippen LogP contribution in [0.5, 0.6) is 0 Å². The van der Waals surface area contributed by atoms with Gasteiger partial charge in [-0.2, -0.15) is 0 Å². The van der Waals surface area contributed by atoms with Crippen LogP contribution >= 0.6 is 11.6 Å². The first kappa shape index (κ1) is 13.2. The smallest absolute Gasteiger partial charge is 0.0611 e. The summed E-state index contributed by atoms with van der Waals surface area (Å²) < 4.78 is 0. The van der Waals surface area contributed by atoms with Crippen LogP contribution in [0, 0.1) is 0 Å². The van der Waals surface area contributed by atoms with Crippen molar-refractivity contribution in [3.63, 3.8) is 0 Å². The zero-order chi connectivity index (χ0) is 14.3. The molecule has 108 valence electrons. The summed E-state index contributed by atoms with van der Waals surface area (Å²) in [5.74, 6) is 0. The maximum Gasteiger partial charge on any atom is 0.0611 e. The van der Waals surface area contributed by atoms with Crippen molar-refractivity contribution in [3.05, 3.63) is 64.7 Å². The number of hydrogen-bond donors (Lipinski definition) is 1. The van der Waals surface area contributed by atoms with Crippen LogP contribution in [0.15, 0.2) is 48.5 Å². The van der Waals surface area contributed by atoms with E-state index < -0.39 is 0 Å². The molecule has 2 heteroatoms. The molecular weight excluding hydrogens is 278 g/mol. The van der Waals surface area contributed by atoms with Gasteiger partial charge in [-0.1, -0.05) is 61.2 Å². The van der Waals surface area contributed by atoms with Gasteiger partial charge in [0.2, 0.25) is 0 Å². The minimum absolute atomic E-state index is 0.267. The quantitative estimate of drug-likeness (QED) is 0.711. The van der Waals surface area contributed by atoms with Crippen LogP contribution in [-0.4, -0.2) is 0 Å². The Bertz CT molecular complexity index is 641. The number of para-hydroxylation sites is 1. The van der Waals surface area contributed by atoms with Gasteiger partial charge < -0.3 is 5.32 Å². The molecule has 1 saturated carbocycles. The van der Waals surface area contributed by atoms with Gasteiger partial charge in [0.1, 0.15) is 0 Å².